The van der Waals surface area contributed by atoms with Gasteiger partial charge in [0.05, 0.1) is 6.61 Å². The fourth-order valence-corrected chi connectivity index (χ4v) is 0.866. The predicted octanol–water partition coefficient (Wildman–Crippen LogP) is 1.12. The van der Waals surface area contributed by atoms with E-state index >= 15 is 0 Å². The van der Waals surface area contributed by atoms with Gasteiger partial charge in [-0.25, -0.2) is 4.98 Å². The lowest BCUT2D eigenvalue weighted by molar-refractivity contribution is 0.284. The summed E-state index contributed by atoms with van der Waals surface area (Å²) in [5, 5.41) is 0. The van der Waals surface area contributed by atoms with Gasteiger partial charge in [-0.1, -0.05) is 13.3 Å². The van der Waals surface area contributed by atoms with Crippen molar-refractivity contribution in [1.29, 1.82) is 0 Å². The van der Waals surface area contributed by atoms with Crippen LogP contribution in [0.1, 0.15) is 19.8 Å². The molecule has 1 rings (SSSR count). The van der Waals surface area contributed by atoms with Crippen LogP contribution in [0.3, 0.4) is 0 Å². The van der Waals surface area contributed by atoms with Crippen LogP contribution in [0.2, 0.25) is 0 Å². The van der Waals surface area contributed by atoms with Crippen molar-refractivity contribution in [2.45, 2.75) is 19.8 Å². The summed E-state index contributed by atoms with van der Waals surface area (Å²) >= 11 is 0. The SMILES string of the molecule is CCCCOc1ncnc(N(C)C)n1. The molecule has 0 saturated carbocycles. The zero-order valence-corrected chi connectivity index (χ0v) is 8.90. The largest absolute Gasteiger partial charge is 0.463 e. The summed E-state index contributed by atoms with van der Waals surface area (Å²) in [6, 6.07) is 0.400. The third kappa shape index (κ3) is 3.16. The highest BCUT2D eigenvalue weighted by molar-refractivity contribution is 5.25. The summed E-state index contributed by atoms with van der Waals surface area (Å²) in [5.74, 6) is 0.617. The van der Waals surface area contributed by atoms with E-state index in [1.54, 1.807) is 0 Å². The molecule has 0 aromatic carbocycles. The second-order valence-corrected chi connectivity index (χ2v) is 3.16. The topological polar surface area (TPSA) is 51.1 Å². The molecule has 1 aromatic rings. The number of nitrogens with zero attached hydrogens (tertiary/aromatic N) is 4. The molecule has 14 heavy (non-hydrogen) atoms. The fourth-order valence-electron chi connectivity index (χ4n) is 0.866. The number of hydrogen-bond donors (Lipinski definition) is 0. The van der Waals surface area contributed by atoms with E-state index in [9.17, 15) is 0 Å². The number of anilines is 1. The third-order valence-corrected chi connectivity index (χ3v) is 1.67. The quantitative estimate of drug-likeness (QED) is 0.660. The lowest BCUT2D eigenvalue weighted by Crippen LogP contribution is -2.13. The minimum atomic E-state index is 0.400. The Balaban J connectivity index is 2.55. The number of rotatable bonds is 5. The minimum absolute atomic E-state index is 0.400. The standard InChI is InChI=1S/C9H16N4O/c1-4-5-6-14-9-11-7-10-8(12-9)13(2)3/h7H,4-6H2,1-3H3. The van der Waals surface area contributed by atoms with E-state index in [0.29, 0.717) is 18.6 Å². The smallest absolute Gasteiger partial charge is 0.321 e. The summed E-state index contributed by atoms with van der Waals surface area (Å²) in [4.78, 5) is 13.9. The van der Waals surface area contributed by atoms with Gasteiger partial charge < -0.3 is 9.64 Å². The minimum Gasteiger partial charge on any atom is -0.463 e. The number of aromatic nitrogens is 3. The maximum absolute atomic E-state index is 5.35. The van der Waals surface area contributed by atoms with Crippen molar-refractivity contribution in [2.75, 3.05) is 25.6 Å². The van der Waals surface area contributed by atoms with Crippen molar-refractivity contribution in [3.63, 3.8) is 0 Å². The Hall–Kier alpha value is -1.39. The van der Waals surface area contributed by atoms with Crippen molar-refractivity contribution < 1.29 is 4.74 Å². The van der Waals surface area contributed by atoms with Crippen molar-refractivity contribution in [3.05, 3.63) is 6.33 Å². The Morgan fingerprint density at radius 1 is 1.36 bits per heavy atom. The van der Waals surface area contributed by atoms with Crippen LogP contribution in [0.25, 0.3) is 0 Å². The molecule has 0 N–H and O–H groups in total. The molecule has 0 unspecified atom stereocenters. The van der Waals surface area contributed by atoms with Crippen LogP contribution in [0.4, 0.5) is 5.95 Å². The van der Waals surface area contributed by atoms with Crippen LogP contribution >= 0.6 is 0 Å². The average Bonchev–Trinajstić information content (AvgIpc) is 2.19. The van der Waals surface area contributed by atoms with Crippen molar-refractivity contribution in [2.24, 2.45) is 0 Å². The molecule has 0 radical (unpaired) electrons. The van der Waals surface area contributed by atoms with Gasteiger partial charge >= 0.3 is 6.01 Å². The molecule has 0 aliphatic rings. The van der Waals surface area contributed by atoms with E-state index in [1.165, 1.54) is 6.33 Å². The van der Waals surface area contributed by atoms with Gasteiger partial charge in [-0.3, -0.25) is 0 Å². The van der Waals surface area contributed by atoms with Crippen LogP contribution in [-0.2, 0) is 0 Å². The molecule has 0 spiro atoms. The first-order valence-electron chi connectivity index (χ1n) is 4.73. The molecule has 0 amide bonds. The van der Waals surface area contributed by atoms with Gasteiger partial charge in [-0.2, -0.15) is 9.97 Å². The van der Waals surface area contributed by atoms with Crippen LogP contribution in [-0.4, -0.2) is 35.7 Å². The molecule has 0 fully saturated rings. The highest BCUT2D eigenvalue weighted by atomic mass is 16.5. The van der Waals surface area contributed by atoms with E-state index in [1.807, 2.05) is 19.0 Å². The monoisotopic (exact) mass is 196 g/mol. The number of hydrogen-bond acceptors (Lipinski definition) is 5. The molecular formula is C9H16N4O. The van der Waals surface area contributed by atoms with Crippen LogP contribution < -0.4 is 9.64 Å². The molecule has 0 aliphatic heterocycles. The number of unbranched alkanes of at least 4 members (excludes halogenated alkanes) is 1. The average molecular weight is 196 g/mol. The molecule has 0 bridgehead atoms. The highest BCUT2D eigenvalue weighted by Crippen LogP contribution is 2.06. The summed E-state index contributed by atoms with van der Waals surface area (Å²) in [7, 11) is 3.76. The van der Waals surface area contributed by atoms with Crippen molar-refractivity contribution in [3.8, 4) is 6.01 Å². The summed E-state index contributed by atoms with van der Waals surface area (Å²) in [6.45, 7) is 2.77. The Morgan fingerprint density at radius 3 is 2.79 bits per heavy atom. The summed E-state index contributed by atoms with van der Waals surface area (Å²) in [5.41, 5.74) is 0. The normalized spacial score (nSPS) is 9.93. The Bertz CT molecular complexity index is 277. The maximum Gasteiger partial charge on any atom is 0.321 e. The Labute approximate surface area is 84.2 Å². The first-order valence-corrected chi connectivity index (χ1v) is 4.73. The summed E-state index contributed by atoms with van der Waals surface area (Å²) in [6.07, 6.45) is 3.58. The highest BCUT2D eigenvalue weighted by Gasteiger charge is 2.02. The Kier molecular flexibility index (Phi) is 4.10. The van der Waals surface area contributed by atoms with Crippen LogP contribution in [0.5, 0.6) is 6.01 Å². The van der Waals surface area contributed by atoms with E-state index in [2.05, 4.69) is 21.9 Å². The maximum atomic E-state index is 5.35. The molecule has 1 aromatic heterocycles. The molecule has 5 heteroatoms. The van der Waals surface area contributed by atoms with Gasteiger partial charge in [0.15, 0.2) is 0 Å². The van der Waals surface area contributed by atoms with Gasteiger partial charge in [-0.15, -0.1) is 0 Å². The second kappa shape index (κ2) is 5.36. The summed E-state index contributed by atoms with van der Waals surface area (Å²) < 4.78 is 5.35. The molecule has 0 atom stereocenters. The van der Waals surface area contributed by atoms with E-state index in [-0.39, 0.29) is 0 Å². The van der Waals surface area contributed by atoms with E-state index < -0.39 is 0 Å². The molecule has 0 saturated heterocycles. The van der Waals surface area contributed by atoms with Crippen molar-refractivity contribution >= 4 is 5.95 Å². The van der Waals surface area contributed by atoms with Gasteiger partial charge in [0.25, 0.3) is 0 Å². The van der Waals surface area contributed by atoms with Gasteiger partial charge in [0, 0.05) is 14.1 Å². The zero-order chi connectivity index (χ0) is 10.4. The molecule has 0 aliphatic carbocycles. The van der Waals surface area contributed by atoms with Gasteiger partial charge in [-0.05, 0) is 6.42 Å². The third-order valence-electron chi connectivity index (χ3n) is 1.67. The van der Waals surface area contributed by atoms with E-state index in [4.69, 9.17) is 4.74 Å². The fraction of sp³-hybridized carbons (Fsp3) is 0.667. The molecular weight excluding hydrogens is 180 g/mol. The Morgan fingerprint density at radius 2 is 2.14 bits per heavy atom. The first-order chi connectivity index (χ1) is 6.74. The lowest BCUT2D eigenvalue weighted by atomic mass is 10.4. The van der Waals surface area contributed by atoms with Crippen molar-refractivity contribution in [1.82, 2.24) is 15.0 Å². The lowest BCUT2D eigenvalue weighted by Gasteiger charge is -2.09. The van der Waals surface area contributed by atoms with Crippen LogP contribution in [0, 0.1) is 0 Å². The van der Waals surface area contributed by atoms with Crippen LogP contribution in [0.15, 0.2) is 6.33 Å². The molecule has 78 valence electrons. The predicted molar refractivity (Wildman–Crippen MR) is 54.6 cm³/mol. The van der Waals surface area contributed by atoms with Gasteiger partial charge in [0.2, 0.25) is 5.95 Å². The molecule has 5 nitrogen and oxygen atoms in total. The molecule has 1 heterocycles. The zero-order valence-electron chi connectivity index (χ0n) is 8.90. The van der Waals surface area contributed by atoms with Gasteiger partial charge in [0.1, 0.15) is 6.33 Å². The first kappa shape index (κ1) is 10.7. The number of ether oxygens (including phenoxy) is 1. The second-order valence-electron chi connectivity index (χ2n) is 3.16. The van der Waals surface area contributed by atoms with E-state index in [0.717, 1.165) is 12.8 Å².